The summed E-state index contributed by atoms with van der Waals surface area (Å²) in [5, 5.41) is 3.47. The third kappa shape index (κ3) is 3.95. The number of rotatable bonds is 7. The van der Waals surface area contributed by atoms with Crippen molar-refractivity contribution < 1.29 is 9.47 Å². The quantitative estimate of drug-likeness (QED) is 0.851. The van der Waals surface area contributed by atoms with Crippen LogP contribution >= 0.6 is 0 Å². The molecule has 1 fully saturated rings. The van der Waals surface area contributed by atoms with Gasteiger partial charge in [0.05, 0.1) is 32.0 Å². The van der Waals surface area contributed by atoms with Gasteiger partial charge in [0.25, 0.3) is 0 Å². The fourth-order valence-electron chi connectivity index (χ4n) is 2.81. The summed E-state index contributed by atoms with van der Waals surface area (Å²) in [6, 6.07) is 21.2. The highest BCUT2D eigenvalue weighted by Gasteiger charge is 2.38. The maximum absolute atomic E-state index is 6.05. The summed E-state index contributed by atoms with van der Waals surface area (Å²) < 4.78 is 11.9. The number of hydrogen-bond acceptors (Lipinski definition) is 3. The molecule has 2 aromatic rings. The van der Waals surface area contributed by atoms with E-state index >= 15 is 0 Å². The highest BCUT2D eigenvalue weighted by molar-refractivity contribution is 5.14. The Morgan fingerprint density at radius 3 is 2.05 bits per heavy atom. The average Bonchev–Trinajstić information content (AvgIpc) is 2.56. The molecule has 2 aromatic carbocycles. The van der Waals surface area contributed by atoms with Gasteiger partial charge in [0.15, 0.2) is 0 Å². The normalized spacial score (nSPS) is 24.0. The average molecular weight is 297 g/mol. The summed E-state index contributed by atoms with van der Waals surface area (Å²) in [4.78, 5) is 0. The lowest BCUT2D eigenvalue weighted by Gasteiger charge is -2.43. The summed E-state index contributed by atoms with van der Waals surface area (Å²) in [6.07, 6.45) is 0.218. The predicted octanol–water partition coefficient (Wildman–Crippen LogP) is 3.15. The first-order chi connectivity index (χ1) is 10.8. The first-order valence-electron chi connectivity index (χ1n) is 7.86. The molecule has 0 radical (unpaired) electrons. The molecule has 3 rings (SSSR count). The molecule has 0 unspecified atom stereocenters. The van der Waals surface area contributed by atoms with Gasteiger partial charge in [0.1, 0.15) is 0 Å². The molecule has 0 aliphatic carbocycles. The molecule has 116 valence electrons. The van der Waals surface area contributed by atoms with E-state index in [9.17, 15) is 0 Å². The Hall–Kier alpha value is -1.68. The Balaban J connectivity index is 1.42. The van der Waals surface area contributed by atoms with Gasteiger partial charge in [-0.05, 0) is 18.1 Å². The molecule has 0 aromatic heterocycles. The molecular formula is C19H23NO2. The monoisotopic (exact) mass is 297 g/mol. The first kappa shape index (κ1) is 15.2. The van der Waals surface area contributed by atoms with Crippen LogP contribution in [-0.4, -0.2) is 24.8 Å². The van der Waals surface area contributed by atoms with E-state index in [1.807, 2.05) is 36.4 Å². The van der Waals surface area contributed by atoms with Crippen LogP contribution in [0, 0.1) is 0 Å². The third-order valence-electron chi connectivity index (χ3n) is 4.06. The van der Waals surface area contributed by atoms with Gasteiger partial charge in [0, 0.05) is 6.04 Å². The fourth-order valence-corrected chi connectivity index (χ4v) is 2.81. The Bertz CT molecular complexity index is 558. The first-order valence-corrected chi connectivity index (χ1v) is 7.86. The molecule has 0 saturated carbocycles. The lowest BCUT2D eigenvalue weighted by molar-refractivity contribution is -0.0843. The summed E-state index contributed by atoms with van der Waals surface area (Å²) in [6.45, 7) is 4.15. The van der Waals surface area contributed by atoms with E-state index in [-0.39, 0.29) is 12.1 Å². The molecule has 1 aliphatic heterocycles. The Morgan fingerprint density at radius 1 is 0.864 bits per heavy atom. The van der Waals surface area contributed by atoms with Crippen LogP contribution in [0.25, 0.3) is 0 Å². The minimum absolute atomic E-state index is 0.218. The van der Waals surface area contributed by atoms with E-state index in [2.05, 4.69) is 36.5 Å². The number of nitrogens with one attached hydrogen (secondary N) is 1. The highest BCUT2D eigenvalue weighted by Crippen LogP contribution is 2.19. The second-order valence-electron chi connectivity index (χ2n) is 5.82. The summed E-state index contributed by atoms with van der Waals surface area (Å²) in [7, 11) is 0. The van der Waals surface area contributed by atoms with Crippen LogP contribution < -0.4 is 5.32 Å². The van der Waals surface area contributed by atoms with Crippen molar-refractivity contribution in [2.75, 3.05) is 6.61 Å². The van der Waals surface area contributed by atoms with Crippen LogP contribution in [0.15, 0.2) is 60.7 Å². The van der Waals surface area contributed by atoms with Gasteiger partial charge in [-0.15, -0.1) is 0 Å². The van der Waals surface area contributed by atoms with Crippen molar-refractivity contribution in [1.29, 1.82) is 0 Å². The molecule has 1 saturated heterocycles. The van der Waals surface area contributed by atoms with Crippen molar-refractivity contribution in [3.63, 3.8) is 0 Å². The van der Waals surface area contributed by atoms with E-state index in [4.69, 9.17) is 9.47 Å². The smallest absolute Gasteiger partial charge is 0.0905 e. The van der Waals surface area contributed by atoms with Crippen molar-refractivity contribution in [2.24, 2.45) is 0 Å². The van der Waals surface area contributed by atoms with E-state index in [0.717, 1.165) is 0 Å². The molecule has 1 aliphatic rings. The minimum Gasteiger partial charge on any atom is -0.375 e. The van der Waals surface area contributed by atoms with E-state index in [1.54, 1.807) is 0 Å². The number of benzene rings is 2. The molecule has 0 bridgehead atoms. The maximum Gasteiger partial charge on any atom is 0.0905 e. The molecule has 3 atom stereocenters. The van der Waals surface area contributed by atoms with E-state index in [1.165, 1.54) is 11.1 Å². The molecule has 0 spiro atoms. The zero-order valence-corrected chi connectivity index (χ0v) is 12.9. The molecule has 1 N–H and O–H groups in total. The van der Waals surface area contributed by atoms with E-state index < -0.39 is 0 Å². The Labute approximate surface area is 132 Å². The molecule has 3 nitrogen and oxygen atoms in total. The van der Waals surface area contributed by atoms with Gasteiger partial charge in [-0.3, -0.25) is 0 Å². The van der Waals surface area contributed by atoms with Gasteiger partial charge in [-0.1, -0.05) is 60.7 Å². The number of ether oxygens (including phenoxy) is 2. The second kappa shape index (κ2) is 7.54. The van der Waals surface area contributed by atoms with Crippen LogP contribution in [0.1, 0.15) is 18.1 Å². The van der Waals surface area contributed by atoms with Crippen molar-refractivity contribution in [3.05, 3.63) is 71.8 Å². The largest absolute Gasteiger partial charge is 0.375 e. The van der Waals surface area contributed by atoms with Gasteiger partial charge < -0.3 is 14.8 Å². The predicted molar refractivity (Wildman–Crippen MR) is 87.5 cm³/mol. The van der Waals surface area contributed by atoms with Crippen LogP contribution in [0.2, 0.25) is 0 Å². The lowest BCUT2D eigenvalue weighted by atomic mass is 9.95. The van der Waals surface area contributed by atoms with Crippen molar-refractivity contribution in [1.82, 2.24) is 5.32 Å². The molecule has 0 amide bonds. The summed E-state index contributed by atoms with van der Waals surface area (Å²) in [5.74, 6) is 0. The zero-order chi connectivity index (χ0) is 15.2. The SMILES string of the molecule is C[C@@H]1N[C@@H](COCc2ccccc2)[C@@H]1OCc1ccccc1. The maximum atomic E-state index is 6.05. The van der Waals surface area contributed by atoms with Gasteiger partial charge in [-0.25, -0.2) is 0 Å². The van der Waals surface area contributed by atoms with Gasteiger partial charge in [0.2, 0.25) is 0 Å². The standard InChI is InChI=1S/C19H23NO2/c1-15-19(22-13-17-10-6-3-7-11-17)18(20-15)14-21-12-16-8-4-2-5-9-16/h2-11,15,18-20H,12-14H2,1H3/t15-,18-,19+/m0/s1. The van der Waals surface area contributed by atoms with Gasteiger partial charge >= 0.3 is 0 Å². The highest BCUT2D eigenvalue weighted by atomic mass is 16.5. The van der Waals surface area contributed by atoms with Crippen molar-refractivity contribution in [2.45, 2.75) is 38.3 Å². The van der Waals surface area contributed by atoms with Crippen molar-refractivity contribution >= 4 is 0 Å². The zero-order valence-electron chi connectivity index (χ0n) is 12.9. The Kier molecular flexibility index (Phi) is 5.22. The molecule has 1 heterocycles. The van der Waals surface area contributed by atoms with Crippen LogP contribution in [0.5, 0.6) is 0 Å². The molecule has 22 heavy (non-hydrogen) atoms. The third-order valence-corrected chi connectivity index (χ3v) is 4.06. The summed E-state index contributed by atoms with van der Waals surface area (Å²) >= 11 is 0. The minimum atomic E-state index is 0.218. The topological polar surface area (TPSA) is 30.5 Å². The fraction of sp³-hybridized carbons (Fsp3) is 0.368. The van der Waals surface area contributed by atoms with Crippen LogP contribution in [0.3, 0.4) is 0 Å². The molecular weight excluding hydrogens is 274 g/mol. The summed E-state index contributed by atoms with van der Waals surface area (Å²) in [5.41, 5.74) is 2.42. The molecule has 3 heteroatoms. The second-order valence-corrected chi connectivity index (χ2v) is 5.82. The Morgan fingerprint density at radius 2 is 1.45 bits per heavy atom. The van der Waals surface area contributed by atoms with E-state index in [0.29, 0.717) is 25.9 Å². The lowest BCUT2D eigenvalue weighted by Crippen LogP contribution is -2.66. The van der Waals surface area contributed by atoms with Crippen molar-refractivity contribution in [3.8, 4) is 0 Å². The van der Waals surface area contributed by atoms with Crippen LogP contribution in [0.4, 0.5) is 0 Å². The van der Waals surface area contributed by atoms with Crippen LogP contribution in [-0.2, 0) is 22.7 Å². The van der Waals surface area contributed by atoms with Gasteiger partial charge in [-0.2, -0.15) is 0 Å². The number of hydrogen-bond donors (Lipinski definition) is 1.